The predicted octanol–water partition coefficient (Wildman–Crippen LogP) is 3.86. The third-order valence-corrected chi connectivity index (χ3v) is 4.72. The summed E-state index contributed by atoms with van der Waals surface area (Å²) in [5, 5.41) is 5.47. The van der Waals surface area contributed by atoms with E-state index < -0.39 is 29.3 Å². The van der Waals surface area contributed by atoms with E-state index in [0.29, 0.717) is 26.2 Å². The van der Waals surface area contributed by atoms with E-state index in [2.05, 4.69) is 10.6 Å². The second-order valence-corrected chi connectivity index (χ2v) is 10.7. The summed E-state index contributed by atoms with van der Waals surface area (Å²) in [6.45, 7) is 13.2. The molecule has 204 valence electrons. The van der Waals surface area contributed by atoms with E-state index >= 15 is 0 Å². The topological polar surface area (TPSA) is 140 Å². The molecule has 0 aromatic heterocycles. The SMILES string of the molecule is CC(C)(C)OC(=O)NCCCCCCN(CCCCCCNC(=O)OC(C)(C)C)C(=O)CC(N)=O. The minimum absolute atomic E-state index is 0.240. The molecule has 10 nitrogen and oxygen atoms in total. The molecule has 0 aromatic rings. The summed E-state index contributed by atoms with van der Waals surface area (Å²) in [5.74, 6) is -0.864. The Bertz CT molecular complexity index is 613. The number of nitrogens with two attached hydrogens (primary N) is 1. The summed E-state index contributed by atoms with van der Waals surface area (Å²) in [4.78, 5) is 48.5. The van der Waals surface area contributed by atoms with Crippen LogP contribution in [0.1, 0.15) is 99.3 Å². The van der Waals surface area contributed by atoms with Gasteiger partial charge in [-0.15, -0.1) is 0 Å². The van der Waals surface area contributed by atoms with Gasteiger partial charge >= 0.3 is 12.2 Å². The van der Waals surface area contributed by atoms with E-state index in [0.717, 1.165) is 51.4 Å². The lowest BCUT2D eigenvalue weighted by atomic mass is 10.1. The van der Waals surface area contributed by atoms with E-state index in [-0.39, 0.29) is 12.3 Å². The Labute approximate surface area is 211 Å². The Kier molecular flexibility index (Phi) is 15.8. The first-order chi connectivity index (χ1) is 16.2. The van der Waals surface area contributed by atoms with Crippen LogP contribution in [-0.4, -0.2) is 66.3 Å². The van der Waals surface area contributed by atoms with Gasteiger partial charge < -0.3 is 30.7 Å². The third-order valence-electron chi connectivity index (χ3n) is 4.72. The maximum Gasteiger partial charge on any atom is 0.407 e. The number of nitrogens with zero attached hydrogens (tertiary/aromatic N) is 1. The van der Waals surface area contributed by atoms with Gasteiger partial charge in [-0.05, 0) is 67.2 Å². The summed E-state index contributed by atoms with van der Waals surface area (Å²) in [6, 6.07) is 0. The molecule has 0 radical (unpaired) electrons. The monoisotopic (exact) mass is 500 g/mol. The fourth-order valence-corrected chi connectivity index (χ4v) is 3.19. The van der Waals surface area contributed by atoms with Crippen LogP contribution in [-0.2, 0) is 19.1 Å². The highest BCUT2D eigenvalue weighted by atomic mass is 16.6. The van der Waals surface area contributed by atoms with Crippen molar-refractivity contribution in [3.8, 4) is 0 Å². The minimum Gasteiger partial charge on any atom is -0.444 e. The molecule has 0 aliphatic heterocycles. The van der Waals surface area contributed by atoms with Crippen LogP contribution < -0.4 is 16.4 Å². The number of rotatable bonds is 16. The number of nitrogens with one attached hydrogen (secondary N) is 2. The highest BCUT2D eigenvalue weighted by Gasteiger charge is 2.17. The van der Waals surface area contributed by atoms with Gasteiger partial charge in [0.25, 0.3) is 0 Å². The zero-order valence-corrected chi connectivity index (χ0v) is 22.7. The maximum absolute atomic E-state index is 12.4. The van der Waals surface area contributed by atoms with Crippen molar-refractivity contribution in [3.05, 3.63) is 0 Å². The second kappa shape index (κ2) is 17.0. The summed E-state index contributed by atoms with van der Waals surface area (Å²) in [7, 11) is 0. The molecule has 0 fully saturated rings. The zero-order chi connectivity index (χ0) is 26.9. The first-order valence-corrected chi connectivity index (χ1v) is 12.7. The lowest BCUT2D eigenvalue weighted by Gasteiger charge is -2.22. The maximum atomic E-state index is 12.4. The standard InChI is InChI=1S/C25H48N4O6/c1-24(2,3)34-22(32)27-15-11-7-9-13-17-29(21(31)19-20(26)30)18-14-10-8-12-16-28-23(33)35-25(4,5)6/h7-19H2,1-6H3,(H2,26,30)(H,27,32)(H,28,33). The van der Waals surface area contributed by atoms with Gasteiger partial charge in [-0.1, -0.05) is 25.7 Å². The van der Waals surface area contributed by atoms with Gasteiger partial charge in [0.1, 0.15) is 17.6 Å². The highest BCUT2D eigenvalue weighted by Crippen LogP contribution is 2.09. The Hall–Kier alpha value is -2.52. The van der Waals surface area contributed by atoms with Crippen molar-refractivity contribution >= 4 is 24.0 Å². The van der Waals surface area contributed by atoms with E-state index in [1.165, 1.54) is 0 Å². The molecule has 0 aliphatic carbocycles. The minimum atomic E-state index is -0.624. The van der Waals surface area contributed by atoms with Crippen LogP contribution in [0, 0.1) is 0 Å². The van der Waals surface area contributed by atoms with Crippen LogP contribution in [0.3, 0.4) is 0 Å². The summed E-state index contributed by atoms with van der Waals surface area (Å²) in [6.07, 6.45) is 5.82. The molecular weight excluding hydrogens is 452 g/mol. The zero-order valence-electron chi connectivity index (χ0n) is 22.7. The molecule has 0 atom stereocenters. The molecule has 0 spiro atoms. The van der Waals surface area contributed by atoms with Crippen LogP contribution in [0.25, 0.3) is 0 Å². The number of carbonyl (C=O) groups is 4. The van der Waals surface area contributed by atoms with Gasteiger partial charge in [0.2, 0.25) is 11.8 Å². The van der Waals surface area contributed by atoms with Crippen molar-refractivity contribution in [2.24, 2.45) is 5.73 Å². The van der Waals surface area contributed by atoms with Crippen molar-refractivity contribution in [1.82, 2.24) is 15.5 Å². The number of alkyl carbamates (subject to hydrolysis) is 2. The highest BCUT2D eigenvalue weighted by molar-refractivity contribution is 5.96. The van der Waals surface area contributed by atoms with Gasteiger partial charge in [0, 0.05) is 26.2 Å². The largest absolute Gasteiger partial charge is 0.444 e. The van der Waals surface area contributed by atoms with Gasteiger partial charge in [0.05, 0.1) is 0 Å². The Morgan fingerprint density at radius 1 is 0.657 bits per heavy atom. The average molecular weight is 501 g/mol. The van der Waals surface area contributed by atoms with Crippen LogP contribution in [0.15, 0.2) is 0 Å². The lowest BCUT2D eigenvalue weighted by molar-refractivity contribution is -0.135. The predicted molar refractivity (Wildman–Crippen MR) is 136 cm³/mol. The van der Waals surface area contributed by atoms with Gasteiger partial charge in [-0.25, -0.2) is 9.59 Å². The molecule has 0 rings (SSSR count). The van der Waals surface area contributed by atoms with Gasteiger partial charge in [0.15, 0.2) is 0 Å². The number of unbranched alkanes of at least 4 members (excludes halogenated alkanes) is 6. The summed E-state index contributed by atoms with van der Waals surface area (Å²) < 4.78 is 10.4. The number of hydrogen-bond acceptors (Lipinski definition) is 6. The summed E-state index contributed by atoms with van der Waals surface area (Å²) in [5.41, 5.74) is 4.18. The van der Waals surface area contributed by atoms with Crippen LogP contribution in [0.4, 0.5) is 9.59 Å². The van der Waals surface area contributed by atoms with E-state index in [4.69, 9.17) is 15.2 Å². The summed E-state index contributed by atoms with van der Waals surface area (Å²) >= 11 is 0. The molecule has 4 N–H and O–H groups in total. The quantitative estimate of drug-likeness (QED) is 0.217. The average Bonchev–Trinajstić information content (AvgIpc) is 2.67. The van der Waals surface area contributed by atoms with Crippen molar-refractivity contribution in [2.45, 2.75) is 111 Å². The van der Waals surface area contributed by atoms with Crippen LogP contribution in [0.2, 0.25) is 0 Å². The smallest absolute Gasteiger partial charge is 0.407 e. The first kappa shape index (κ1) is 32.5. The second-order valence-electron chi connectivity index (χ2n) is 10.7. The molecule has 0 unspecified atom stereocenters. The number of hydrogen-bond donors (Lipinski definition) is 3. The Morgan fingerprint density at radius 3 is 1.37 bits per heavy atom. The van der Waals surface area contributed by atoms with Gasteiger partial charge in [-0.2, -0.15) is 0 Å². The number of amides is 4. The number of ether oxygens (including phenoxy) is 2. The lowest BCUT2D eigenvalue weighted by Crippen LogP contribution is -2.35. The molecule has 35 heavy (non-hydrogen) atoms. The molecule has 0 aromatic carbocycles. The van der Waals surface area contributed by atoms with E-state index in [9.17, 15) is 19.2 Å². The fraction of sp³-hybridized carbons (Fsp3) is 0.840. The molecule has 0 saturated heterocycles. The van der Waals surface area contributed by atoms with Crippen LogP contribution in [0.5, 0.6) is 0 Å². The Morgan fingerprint density at radius 2 is 1.03 bits per heavy atom. The molecule has 10 heteroatoms. The normalized spacial score (nSPS) is 11.5. The fourth-order valence-electron chi connectivity index (χ4n) is 3.19. The Balaban J connectivity index is 4.10. The van der Waals surface area contributed by atoms with Crippen molar-refractivity contribution in [3.63, 3.8) is 0 Å². The number of carbonyl (C=O) groups excluding carboxylic acids is 4. The van der Waals surface area contributed by atoms with Crippen molar-refractivity contribution in [1.29, 1.82) is 0 Å². The molecular formula is C25H48N4O6. The molecule has 0 heterocycles. The van der Waals surface area contributed by atoms with Crippen molar-refractivity contribution in [2.75, 3.05) is 26.2 Å². The van der Waals surface area contributed by atoms with E-state index in [1.54, 1.807) is 4.90 Å². The first-order valence-electron chi connectivity index (χ1n) is 12.7. The third kappa shape index (κ3) is 21.7. The number of primary amides is 1. The van der Waals surface area contributed by atoms with E-state index in [1.807, 2.05) is 41.5 Å². The molecule has 0 bridgehead atoms. The van der Waals surface area contributed by atoms with Crippen molar-refractivity contribution < 1.29 is 28.7 Å². The van der Waals surface area contributed by atoms with Crippen LogP contribution >= 0.6 is 0 Å². The van der Waals surface area contributed by atoms with Gasteiger partial charge in [-0.3, -0.25) is 9.59 Å². The molecule has 4 amide bonds. The molecule has 0 saturated carbocycles. The molecule has 0 aliphatic rings.